The smallest absolute Gasteiger partial charge is 0.228 e. The van der Waals surface area contributed by atoms with E-state index in [9.17, 15) is 4.79 Å². The summed E-state index contributed by atoms with van der Waals surface area (Å²) < 4.78 is 6.23. The summed E-state index contributed by atoms with van der Waals surface area (Å²) in [5, 5.41) is 0.297. The van der Waals surface area contributed by atoms with Crippen molar-refractivity contribution in [1.29, 1.82) is 0 Å². The Bertz CT molecular complexity index is 403. The summed E-state index contributed by atoms with van der Waals surface area (Å²) in [6.45, 7) is 19.4. The van der Waals surface area contributed by atoms with E-state index in [4.69, 9.17) is 4.43 Å². The van der Waals surface area contributed by atoms with Crippen LogP contribution >= 0.6 is 0 Å². The van der Waals surface area contributed by atoms with Crippen molar-refractivity contribution in [3.8, 4) is 0 Å². The number of carbonyl (C=O) groups excluding carboxylic acids is 1. The predicted molar refractivity (Wildman–Crippen MR) is 106 cm³/mol. The number of hydrogen-bond acceptors (Lipinski definition) is 2. The van der Waals surface area contributed by atoms with E-state index in [1.165, 1.54) is 25.7 Å². The Morgan fingerprint density at radius 1 is 1.00 bits per heavy atom. The fourth-order valence-corrected chi connectivity index (χ4v) is 3.64. The van der Waals surface area contributed by atoms with Crippen molar-refractivity contribution < 1.29 is 9.22 Å². The van der Waals surface area contributed by atoms with Crippen LogP contribution in [0.1, 0.15) is 80.1 Å². The molecule has 24 heavy (non-hydrogen) atoms. The highest BCUT2D eigenvalue weighted by Gasteiger charge is 2.37. The SMILES string of the molecule is CC(C)(C)C(=O)N(CCCCCCO[Si](C)(C)C(C)(C)C)C1CC1. The van der Waals surface area contributed by atoms with Gasteiger partial charge in [-0.2, -0.15) is 0 Å². The molecule has 0 atom stereocenters. The number of rotatable bonds is 9. The van der Waals surface area contributed by atoms with Gasteiger partial charge < -0.3 is 9.33 Å². The first-order chi connectivity index (χ1) is 10.9. The van der Waals surface area contributed by atoms with Gasteiger partial charge in [-0.3, -0.25) is 4.79 Å². The number of amides is 1. The van der Waals surface area contributed by atoms with Crippen LogP contribution in [0.3, 0.4) is 0 Å². The minimum Gasteiger partial charge on any atom is -0.417 e. The molecule has 0 aliphatic heterocycles. The molecule has 1 rings (SSSR count). The predicted octanol–water partition coefficient (Wildman–Crippen LogP) is 5.61. The summed E-state index contributed by atoms with van der Waals surface area (Å²) in [7, 11) is -1.59. The van der Waals surface area contributed by atoms with Crippen molar-refractivity contribution in [1.82, 2.24) is 4.90 Å². The third-order valence-electron chi connectivity index (χ3n) is 5.45. The molecule has 1 aliphatic carbocycles. The monoisotopic (exact) mass is 355 g/mol. The summed E-state index contributed by atoms with van der Waals surface area (Å²) in [5.74, 6) is 0.325. The van der Waals surface area contributed by atoms with Gasteiger partial charge in [-0.05, 0) is 43.8 Å². The lowest BCUT2D eigenvalue weighted by Gasteiger charge is -2.36. The maximum Gasteiger partial charge on any atom is 0.228 e. The highest BCUT2D eigenvalue weighted by Crippen LogP contribution is 2.36. The van der Waals surface area contributed by atoms with Crippen molar-refractivity contribution in [3.05, 3.63) is 0 Å². The Kier molecular flexibility index (Phi) is 7.55. The van der Waals surface area contributed by atoms with Gasteiger partial charge in [-0.25, -0.2) is 0 Å². The van der Waals surface area contributed by atoms with Gasteiger partial charge in [0.05, 0.1) is 0 Å². The van der Waals surface area contributed by atoms with Crippen LogP contribution in [0.5, 0.6) is 0 Å². The van der Waals surface area contributed by atoms with Crippen molar-refractivity contribution in [2.45, 2.75) is 104 Å². The summed E-state index contributed by atoms with van der Waals surface area (Å²) in [5.41, 5.74) is -0.250. The van der Waals surface area contributed by atoms with Crippen LogP contribution in [0.25, 0.3) is 0 Å². The molecule has 3 nitrogen and oxygen atoms in total. The highest BCUT2D eigenvalue weighted by molar-refractivity contribution is 6.74. The Morgan fingerprint density at radius 3 is 2.00 bits per heavy atom. The van der Waals surface area contributed by atoms with Crippen molar-refractivity contribution >= 4 is 14.2 Å². The molecule has 0 radical (unpaired) electrons. The fourth-order valence-electron chi connectivity index (χ4n) is 2.55. The third kappa shape index (κ3) is 6.87. The Balaban J connectivity index is 2.20. The molecule has 0 aromatic carbocycles. The summed E-state index contributed by atoms with van der Waals surface area (Å²) in [6, 6.07) is 0.527. The van der Waals surface area contributed by atoms with E-state index in [1.807, 2.05) is 20.8 Å². The molecule has 142 valence electrons. The highest BCUT2D eigenvalue weighted by atomic mass is 28.4. The number of nitrogens with zero attached hydrogens (tertiary/aromatic N) is 1. The average molecular weight is 356 g/mol. The molecule has 0 heterocycles. The number of hydrogen-bond donors (Lipinski definition) is 0. The molecule has 1 saturated carbocycles. The van der Waals surface area contributed by atoms with Gasteiger partial charge in [0, 0.05) is 24.6 Å². The lowest BCUT2D eigenvalue weighted by molar-refractivity contribution is -0.140. The normalized spacial score (nSPS) is 16.3. The minimum absolute atomic E-state index is 0.250. The van der Waals surface area contributed by atoms with E-state index in [0.29, 0.717) is 17.0 Å². The summed E-state index contributed by atoms with van der Waals surface area (Å²) >= 11 is 0. The molecule has 4 heteroatoms. The first kappa shape index (κ1) is 21.7. The molecule has 0 saturated heterocycles. The van der Waals surface area contributed by atoms with Crippen LogP contribution in [0.2, 0.25) is 18.1 Å². The topological polar surface area (TPSA) is 29.5 Å². The van der Waals surface area contributed by atoms with Crippen molar-refractivity contribution in [3.63, 3.8) is 0 Å². The van der Waals surface area contributed by atoms with E-state index < -0.39 is 8.32 Å². The van der Waals surface area contributed by atoms with Crippen LogP contribution in [0, 0.1) is 5.41 Å². The van der Waals surface area contributed by atoms with Gasteiger partial charge >= 0.3 is 0 Å². The Labute approximate surface area is 151 Å². The van der Waals surface area contributed by atoms with Crippen molar-refractivity contribution in [2.24, 2.45) is 5.41 Å². The lowest BCUT2D eigenvalue weighted by atomic mass is 9.94. The fraction of sp³-hybridized carbons (Fsp3) is 0.950. The first-order valence-electron chi connectivity index (χ1n) is 9.81. The second kappa shape index (κ2) is 8.35. The van der Waals surface area contributed by atoms with E-state index in [2.05, 4.69) is 38.8 Å². The molecule has 0 aromatic rings. The molecule has 0 aromatic heterocycles. The second-order valence-corrected chi connectivity index (χ2v) is 14.8. The zero-order valence-electron chi connectivity index (χ0n) is 17.5. The zero-order chi connectivity index (χ0) is 18.6. The molecule has 0 N–H and O–H groups in total. The van der Waals surface area contributed by atoms with Gasteiger partial charge in [-0.15, -0.1) is 0 Å². The van der Waals surface area contributed by atoms with Crippen LogP contribution in [-0.4, -0.2) is 38.3 Å². The van der Waals surface area contributed by atoms with Crippen molar-refractivity contribution in [2.75, 3.05) is 13.2 Å². The molecule has 0 unspecified atom stereocenters. The molecule has 0 bridgehead atoms. The van der Waals surface area contributed by atoms with E-state index >= 15 is 0 Å². The van der Waals surface area contributed by atoms with Gasteiger partial charge in [0.15, 0.2) is 8.32 Å². The molecule has 1 fully saturated rings. The first-order valence-corrected chi connectivity index (χ1v) is 12.7. The quantitative estimate of drug-likeness (QED) is 0.397. The number of unbranched alkanes of at least 4 members (excludes halogenated alkanes) is 3. The third-order valence-corrected chi connectivity index (χ3v) is 9.99. The van der Waals surface area contributed by atoms with Gasteiger partial charge in [0.25, 0.3) is 0 Å². The Hall–Kier alpha value is -0.353. The zero-order valence-corrected chi connectivity index (χ0v) is 18.5. The van der Waals surface area contributed by atoms with Gasteiger partial charge in [0.2, 0.25) is 5.91 Å². The Morgan fingerprint density at radius 2 is 1.54 bits per heavy atom. The van der Waals surface area contributed by atoms with E-state index in [1.54, 1.807) is 0 Å². The van der Waals surface area contributed by atoms with E-state index in [0.717, 1.165) is 26.0 Å². The average Bonchev–Trinajstić information content (AvgIpc) is 3.23. The number of carbonyl (C=O) groups is 1. The summed E-state index contributed by atoms with van der Waals surface area (Å²) in [4.78, 5) is 14.7. The van der Waals surface area contributed by atoms with Gasteiger partial charge in [0.1, 0.15) is 0 Å². The molecular formula is C20H41NO2Si. The minimum atomic E-state index is -1.59. The van der Waals surface area contributed by atoms with Crippen LogP contribution in [-0.2, 0) is 9.22 Å². The van der Waals surface area contributed by atoms with Crippen LogP contribution in [0.15, 0.2) is 0 Å². The van der Waals surface area contributed by atoms with E-state index in [-0.39, 0.29) is 5.41 Å². The summed E-state index contributed by atoms with van der Waals surface area (Å²) in [6.07, 6.45) is 7.06. The standard InChI is InChI=1S/C20H41NO2Si/c1-19(2,3)18(22)21(17-13-14-17)15-11-9-10-12-16-23-24(7,8)20(4,5)6/h17H,9-16H2,1-8H3. The molecule has 1 aliphatic rings. The van der Waals surface area contributed by atoms with Crippen LogP contribution < -0.4 is 0 Å². The molecule has 0 spiro atoms. The van der Waals surface area contributed by atoms with Gasteiger partial charge in [-0.1, -0.05) is 54.4 Å². The molecule has 1 amide bonds. The lowest BCUT2D eigenvalue weighted by Crippen LogP contribution is -2.41. The largest absolute Gasteiger partial charge is 0.417 e. The second-order valence-electron chi connectivity index (χ2n) is 10.0. The maximum atomic E-state index is 12.5. The maximum absolute atomic E-state index is 12.5. The van der Waals surface area contributed by atoms with Crippen LogP contribution in [0.4, 0.5) is 0 Å². The molecular weight excluding hydrogens is 314 g/mol.